The quantitative estimate of drug-likeness (QED) is 0.507. The number of hydrogen-bond donors (Lipinski definition) is 0. The molecule has 0 saturated carbocycles. The number of benzene rings is 2. The number of nitrogens with zero attached hydrogens (tertiary/aromatic N) is 1. The predicted octanol–water partition coefficient (Wildman–Crippen LogP) is 6.44. The molecule has 0 spiro atoms. The second kappa shape index (κ2) is 6.71. The van der Waals surface area contributed by atoms with Crippen LogP contribution in [0.2, 0.25) is 0 Å². The number of para-hydroxylation sites is 1. The molecule has 2 aromatic carbocycles. The molecule has 0 fully saturated rings. The monoisotopic (exact) mass is 331 g/mol. The van der Waals surface area contributed by atoms with Crippen molar-refractivity contribution in [2.24, 2.45) is 0 Å². The second-order valence-corrected chi connectivity index (χ2v) is 6.06. The fraction of sp³-hybridized carbons (Fsp3) is 0.300. The van der Waals surface area contributed by atoms with Gasteiger partial charge in [-0.15, -0.1) is 0 Å². The number of aromatic nitrogens is 1. The fourth-order valence-electron chi connectivity index (χ4n) is 3.13. The summed E-state index contributed by atoms with van der Waals surface area (Å²) in [5, 5.41) is 1.14. The van der Waals surface area contributed by atoms with Crippen molar-refractivity contribution < 1.29 is 13.2 Å². The summed E-state index contributed by atoms with van der Waals surface area (Å²) in [7, 11) is 0. The van der Waals surface area contributed by atoms with Gasteiger partial charge in [0.1, 0.15) is 0 Å². The Morgan fingerprint density at radius 1 is 0.958 bits per heavy atom. The maximum atomic E-state index is 12.8. The molecule has 0 bridgehead atoms. The molecule has 24 heavy (non-hydrogen) atoms. The van der Waals surface area contributed by atoms with Gasteiger partial charge in [0.15, 0.2) is 0 Å². The first-order valence-electron chi connectivity index (χ1n) is 8.23. The van der Waals surface area contributed by atoms with Gasteiger partial charge in [0, 0.05) is 11.7 Å². The average molecular weight is 331 g/mol. The van der Waals surface area contributed by atoms with E-state index in [1.807, 2.05) is 18.3 Å². The summed E-state index contributed by atoms with van der Waals surface area (Å²) in [5.41, 5.74) is 1.43. The first-order chi connectivity index (χ1) is 11.5. The summed E-state index contributed by atoms with van der Waals surface area (Å²) in [5.74, 6) is 0. The number of hydrogen-bond acceptors (Lipinski definition) is 0. The molecule has 0 aliphatic carbocycles. The first kappa shape index (κ1) is 16.6. The fourth-order valence-corrected chi connectivity index (χ4v) is 3.13. The van der Waals surface area contributed by atoms with E-state index in [1.165, 1.54) is 12.1 Å². The third kappa shape index (κ3) is 3.32. The number of halogens is 3. The van der Waals surface area contributed by atoms with Gasteiger partial charge in [-0.1, -0.05) is 50.1 Å². The van der Waals surface area contributed by atoms with E-state index in [-0.39, 0.29) is 6.04 Å². The van der Waals surface area contributed by atoms with Crippen molar-refractivity contribution in [1.29, 1.82) is 0 Å². The lowest BCUT2D eigenvalue weighted by Gasteiger charge is -2.21. The van der Waals surface area contributed by atoms with Gasteiger partial charge in [-0.2, -0.15) is 13.2 Å². The third-order valence-electron chi connectivity index (χ3n) is 4.42. The average Bonchev–Trinajstić information content (AvgIpc) is 2.99. The Balaban J connectivity index is 2.00. The lowest BCUT2D eigenvalue weighted by Crippen LogP contribution is -2.11. The van der Waals surface area contributed by atoms with Crippen molar-refractivity contribution in [1.82, 2.24) is 4.57 Å². The molecule has 1 heterocycles. The molecule has 0 aliphatic heterocycles. The van der Waals surface area contributed by atoms with Crippen molar-refractivity contribution in [3.8, 4) is 0 Å². The SMILES string of the molecule is CCCCC(c1ccc(C(F)(F)F)cc1)n1ccc2ccccc21. The maximum absolute atomic E-state index is 12.8. The van der Waals surface area contributed by atoms with Crippen molar-refractivity contribution in [3.63, 3.8) is 0 Å². The minimum absolute atomic E-state index is 0.0483. The van der Waals surface area contributed by atoms with E-state index in [0.717, 1.165) is 35.7 Å². The van der Waals surface area contributed by atoms with Crippen LogP contribution in [0.3, 0.4) is 0 Å². The van der Waals surface area contributed by atoms with Crippen LogP contribution in [0.25, 0.3) is 10.9 Å². The Hall–Kier alpha value is -2.23. The molecule has 3 aromatic rings. The summed E-state index contributed by atoms with van der Waals surface area (Å²) in [6, 6.07) is 15.8. The van der Waals surface area contributed by atoms with Crippen LogP contribution >= 0.6 is 0 Å². The zero-order valence-corrected chi connectivity index (χ0v) is 13.6. The van der Waals surface area contributed by atoms with E-state index in [2.05, 4.69) is 29.7 Å². The third-order valence-corrected chi connectivity index (χ3v) is 4.42. The van der Waals surface area contributed by atoms with Gasteiger partial charge in [0.25, 0.3) is 0 Å². The zero-order valence-electron chi connectivity index (χ0n) is 13.6. The highest BCUT2D eigenvalue weighted by molar-refractivity contribution is 5.80. The van der Waals surface area contributed by atoms with E-state index in [4.69, 9.17) is 0 Å². The van der Waals surface area contributed by atoms with Crippen molar-refractivity contribution in [3.05, 3.63) is 71.9 Å². The van der Waals surface area contributed by atoms with Crippen LogP contribution in [0.4, 0.5) is 13.2 Å². The summed E-state index contributed by atoms with van der Waals surface area (Å²) < 4.78 is 40.6. The molecule has 3 rings (SSSR count). The van der Waals surface area contributed by atoms with E-state index in [9.17, 15) is 13.2 Å². The lowest BCUT2D eigenvalue weighted by molar-refractivity contribution is -0.137. The number of fused-ring (bicyclic) bond motifs is 1. The minimum Gasteiger partial charge on any atom is -0.340 e. The number of rotatable bonds is 5. The van der Waals surface area contributed by atoms with Crippen LogP contribution in [0.15, 0.2) is 60.8 Å². The van der Waals surface area contributed by atoms with Gasteiger partial charge in [0.2, 0.25) is 0 Å². The molecule has 1 atom stereocenters. The Labute approximate surface area is 139 Å². The van der Waals surface area contributed by atoms with E-state index < -0.39 is 11.7 Å². The van der Waals surface area contributed by atoms with E-state index in [1.54, 1.807) is 12.1 Å². The molecule has 0 radical (unpaired) electrons. The zero-order chi connectivity index (χ0) is 17.2. The van der Waals surface area contributed by atoms with Gasteiger partial charge in [0.05, 0.1) is 11.6 Å². The summed E-state index contributed by atoms with van der Waals surface area (Å²) >= 11 is 0. The van der Waals surface area contributed by atoms with Gasteiger partial charge < -0.3 is 4.57 Å². The summed E-state index contributed by atoms with van der Waals surface area (Å²) in [6.07, 6.45) is 0.718. The Morgan fingerprint density at radius 2 is 1.67 bits per heavy atom. The highest BCUT2D eigenvalue weighted by atomic mass is 19.4. The number of unbranched alkanes of at least 4 members (excludes halogenated alkanes) is 1. The van der Waals surface area contributed by atoms with Gasteiger partial charge in [-0.3, -0.25) is 0 Å². The second-order valence-electron chi connectivity index (χ2n) is 6.06. The highest BCUT2D eigenvalue weighted by Crippen LogP contribution is 2.33. The molecule has 0 amide bonds. The van der Waals surface area contributed by atoms with Crippen LogP contribution in [0.1, 0.15) is 43.4 Å². The molecule has 1 unspecified atom stereocenters. The first-order valence-corrected chi connectivity index (χ1v) is 8.23. The molecular weight excluding hydrogens is 311 g/mol. The smallest absolute Gasteiger partial charge is 0.340 e. The van der Waals surface area contributed by atoms with Crippen molar-refractivity contribution in [2.75, 3.05) is 0 Å². The van der Waals surface area contributed by atoms with Gasteiger partial charge >= 0.3 is 6.18 Å². The van der Waals surface area contributed by atoms with Crippen LogP contribution < -0.4 is 0 Å². The van der Waals surface area contributed by atoms with Crippen LogP contribution in [0.5, 0.6) is 0 Å². The van der Waals surface area contributed by atoms with Crippen molar-refractivity contribution >= 4 is 10.9 Å². The molecule has 0 aliphatic rings. The maximum Gasteiger partial charge on any atom is 0.416 e. The van der Waals surface area contributed by atoms with Crippen LogP contribution in [-0.2, 0) is 6.18 Å². The summed E-state index contributed by atoms with van der Waals surface area (Å²) in [6.45, 7) is 2.12. The van der Waals surface area contributed by atoms with Crippen LogP contribution in [0, 0.1) is 0 Å². The highest BCUT2D eigenvalue weighted by Gasteiger charge is 2.30. The largest absolute Gasteiger partial charge is 0.416 e. The van der Waals surface area contributed by atoms with Crippen LogP contribution in [-0.4, -0.2) is 4.57 Å². The summed E-state index contributed by atoms with van der Waals surface area (Å²) in [4.78, 5) is 0. The van der Waals surface area contributed by atoms with E-state index >= 15 is 0 Å². The molecule has 1 nitrogen and oxygen atoms in total. The Morgan fingerprint density at radius 3 is 2.33 bits per heavy atom. The van der Waals surface area contributed by atoms with E-state index in [0.29, 0.717) is 0 Å². The van der Waals surface area contributed by atoms with Gasteiger partial charge in [-0.05, 0) is 41.6 Å². The number of alkyl halides is 3. The molecule has 126 valence electrons. The Kier molecular flexibility index (Phi) is 4.65. The minimum atomic E-state index is -4.29. The molecule has 0 N–H and O–H groups in total. The lowest BCUT2D eigenvalue weighted by atomic mass is 9.99. The normalized spacial score (nSPS) is 13.3. The van der Waals surface area contributed by atoms with Crippen molar-refractivity contribution in [2.45, 2.75) is 38.4 Å². The topological polar surface area (TPSA) is 4.93 Å². The van der Waals surface area contributed by atoms with Gasteiger partial charge in [-0.25, -0.2) is 0 Å². The molecule has 4 heteroatoms. The Bertz CT molecular complexity index is 800. The molecular formula is C20H20F3N. The predicted molar refractivity (Wildman–Crippen MR) is 91.0 cm³/mol. The standard InChI is InChI=1S/C20H20F3N/c1-2-3-7-18(16-9-11-17(12-10-16)20(21,22)23)24-14-13-15-6-4-5-8-19(15)24/h4-6,8-14,18H,2-3,7H2,1H3. The molecule has 0 saturated heterocycles. The molecule has 1 aromatic heterocycles.